The molecule has 0 aliphatic heterocycles. The molecule has 0 saturated carbocycles. The van der Waals surface area contributed by atoms with Crippen LogP contribution in [0.1, 0.15) is 36.7 Å². The molecule has 2 aromatic carbocycles. The van der Waals surface area contributed by atoms with E-state index in [1.807, 2.05) is 20.8 Å². The molecular weight excluding hydrogens is 452 g/mol. The normalized spacial score (nSPS) is 10.7. The molecule has 0 fully saturated rings. The van der Waals surface area contributed by atoms with Crippen molar-refractivity contribution in [3.63, 3.8) is 0 Å². The van der Waals surface area contributed by atoms with Gasteiger partial charge in [0.2, 0.25) is 5.75 Å². The molecule has 0 saturated heterocycles. The first-order valence-corrected chi connectivity index (χ1v) is 11.2. The molecule has 35 heavy (non-hydrogen) atoms. The minimum atomic E-state index is -0.617. The minimum absolute atomic E-state index is 0.184. The van der Waals surface area contributed by atoms with Crippen molar-refractivity contribution in [1.82, 2.24) is 4.98 Å². The zero-order valence-corrected chi connectivity index (χ0v) is 20.8. The van der Waals surface area contributed by atoms with Crippen LogP contribution in [0.3, 0.4) is 0 Å². The van der Waals surface area contributed by atoms with Crippen LogP contribution in [0.25, 0.3) is 10.8 Å². The van der Waals surface area contributed by atoms with Crippen LogP contribution in [0.15, 0.2) is 36.7 Å². The summed E-state index contributed by atoms with van der Waals surface area (Å²) in [7, 11) is 4.46. The van der Waals surface area contributed by atoms with Crippen molar-refractivity contribution in [2.45, 2.75) is 20.8 Å². The molecule has 3 rings (SSSR count). The summed E-state index contributed by atoms with van der Waals surface area (Å²) in [4.78, 5) is 30.3. The van der Waals surface area contributed by atoms with Crippen molar-refractivity contribution in [3.8, 4) is 23.0 Å². The van der Waals surface area contributed by atoms with Gasteiger partial charge in [0.25, 0.3) is 0 Å². The second-order valence-electron chi connectivity index (χ2n) is 8.01. The number of carbonyl (C=O) groups is 2. The Labute approximate surface area is 204 Å². The van der Waals surface area contributed by atoms with Crippen molar-refractivity contribution in [2.24, 2.45) is 5.92 Å². The Morgan fingerprint density at radius 3 is 2.20 bits per heavy atom. The molecule has 1 amide bonds. The zero-order valence-electron chi connectivity index (χ0n) is 20.8. The average Bonchev–Trinajstić information content (AvgIpc) is 2.87. The highest BCUT2D eigenvalue weighted by atomic mass is 16.5. The summed E-state index contributed by atoms with van der Waals surface area (Å²) in [6.45, 7) is 6.39. The summed E-state index contributed by atoms with van der Waals surface area (Å²) in [5, 5.41) is 3.88. The van der Waals surface area contributed by atoms with Gasteiger partial charge in [0.15, 0.2) is 17.3 Å². The average molecular weight is 483 g/mol. The maximum atomic E-state index is 13.6. The fourth-order valence-corrected chi connectivity index (χ4v) is 3.56. The molecule has 1 heterocycles. The van der Waals surface area contributed by atoms with Crippen molar-refractivity contribution >= 4 is 28.3 Å². The van der Waals surface area contributed by atoms with Crippen LogP contribution in [0, 0.1) is 5.92 Å². The van der Waals surface area contributed by atoms with Crippen LogP contribution in [0.5, 0.6) is 23.0 Å². The van der Waals surface area contributed by atoms with Gasteiger partial charge in [-0.3, -0.25) is 15.1 Å². The summed E-state index contributed by atoms with van der Waals surface area (Å²) in [6, 6.07) is 6.63. The predicted octanol–water partition coefficient (Wildman–Crippen LogP) is 5.09. The van der Waals surface area contributed by atoms with Gasteiger partial charge in [-0.1, -0.05) is 13.8 Å². The Morgan fingerprint density at radius 2 is 1.63 bits per heavy atom. The molecule has 1 aromatic heterocycles. The monoisotopic (exact) mass is 482 g/mol. The summed E-state index contributed by atoms with van der Waals surface area (Å²) in [5.41, 5.74) is 1.04. The minimum Gasteiger partial charge on any atom is -0.493 e. The maximum Gasteiger partial charge on any atom is 0.411 e. The molecule has 3 aromatic rings. The quantitative estimate of drug-likeness (QED) is 0.398. The first-order chi connectivity index (χ1) is 16.8. The van der Waals surface area contributed by atoms with Gasteiger partial charge >= 0.3 is 6.09 Å². The summed E-state index contributed by atoms with van der Waals surface area (Å²) in [6.07, 6.45) is 2.44. The number of carbonyl (C=O) groups excluding carboxylic acids is 2. The summed E-state index contributed by atoms with van der Waals surface area (Å²) < 4.78 is 27.1. The molecule has 0 radical (unpaired) electrons. The lowest BCUT2D eigenvalue weighted by atomic mass is 9.98. The second kappa shape index (κ2) is 11.4. The largest absolute Gasteiger partial charge is 0.493 e. The van der Waals surface area contributed by atoms with Gasteiger partial charge < -0.3 is 23.7 Å². The molecule has 1 N–H and O–H groups in total. The predicted molar refractivity (Wildman–Crippen MR) is 132 cm³/mol. The second-order valence-corrected chi connectivity index (χ2v) is 8.01. The number of ketones is 1. The van der Waals surface area contributed by atoms with Gasteiger partial charge in [-0.05, 0) is 42.5 Å². The number of benzene rings is 2. The van der Waals surface area contributed by atoms with Gasteiger partial charge in [0.05, 0.1) is 40.2 Å². The van der Waals surface area contributed by atoms with Crippen LogP contribution >= 0.6 is 0 Å². The lowest BCUT2D eigenvalue weighted by Gasteiger charge is -2.17. The van der Waals surface area contributed by atoms with E-state index in [-0.39, 0.29) is 18.3 Å². The molecule has 9 heteroatoms. The highest BCUT2D eigenvalue weighted by Crippen LogP contribution is 2.40. The molecule has 0 spiro atoms. The fourth-order valence-electron chi connectivity index (χ4n) is 3.56. The van der Waals surface area contributed by atoms with Crippen molar-refractivity contribution in [3.05, 3.63) is 47.8 Å². The Hall–Kier alpha value is -4.01. The van der Waals surface area contributed by atoms with E-state index >= 15 is 0 Å². The number of fused-ring (bicyclic) bond motifs is 1. The molecule has 0 bridgehead atoms. The summed E-state index contributed by atoms with van der Waals surface area (Å²) >= 11 is 0. The first kappa shape index (κ1) is 25.6. The molecule has 186 valence electrons. The number of pyridine rings is 1. The van der Waals surface area contributed by atoms with Gasteiger partial charge in [0.1, 0.15) is 5.75 Å². The topological polar surface area (TPSA) is 105 Å². The van der Waals surface area contributed by atoms with Gasteiger partial charge in [-0.2, -0.15) is 0 Å². The van der Waals surface area contributed by atoms with Crippen molar-refractivity contribution in [2.75, 3.05) is 39.9 Å². The van der Waals surface area contributed by atoms with Crippen LogP contribution in [0.2, 0.25) is 0 Å². The number of nitrogens with zero attached hydrogens (tertiary/aromatic N) is 1. The third-order valence-corrected chi connectivity index (χ3v) is 5.15. The molecule has 0 aliphatic rings. The van der Waals surface area contributed by atoms with Crippen LogP contribution in [-0.2, 0) is 4.74 Å². The lowest BCUT2D eigenvalue weighted by molar-refractivity contribution is 0.103. The number of amides is 1. The number of rotatable bonds is 10. The maximum absolute atomic E-state index is 13.6. The highest BCUT2D eigenvalue weighted by molar-refractivity contribution is 6.18. The number of hydrogen-bond acceptors (Lipinski definition) is 8. The standard InChI is InChI=1S/C26H30N2O7/c1-7-34-20-9-8-17-18(23(20)28-26(30)35-14-15(2)3)12-27-13-19(17)24(29)16-10-21(31-4)25(33-6)22(11-16)32-5/h8-13,15H,7,14H2,1-6H3,(H,28,30). The van der Waals surface area contributed by atoms with Gasteiger partial charge in [-0.15, -0.1) is 0 Å². The lowest BCUT2D eigenvalue weighted by Crippen LogP contribution is -2.17. The van der Waals surface area contributed by atoms with E-state index in [9.17, 15) is 9.59 Å². The third kappa shape index (κ3) is 5.56. The number of aromatic nitrogens is 1. The number of nitrogens with one attached hydrogen (secondary N) is 1. The van der Waals surface area contributed by atoms with E-state index in [2.05, 4.69) is 10.3 Å². The SMILES string of the molecule is CCOc1ccc2c(C(=O)c3cc(OC)c(OC)c(OC)c3)cncc2c1NC(=O)OCC(C)C. The number of hydrogen-bond donors (Lipinski definition) is 1. The van der Waals surface area contributed by atoms with Crippen molar-refractivity contribution < 1.29 is 33.3 Å². The van der Waals surface area contributed by atoms with Gasteiger partial charge in [0, 0.05) is 28.9 Å². The number of anilines is 1. The van der Waals surface area contributed by atoms with Crippen molar-refractivity contribution in [1.29, 1.82) is 0 Å². The Balaban J connectivity index is 2.11. The third-order valence-electron chi connectivity index (χ3n) is 5.15. The number of methoxy groups -OCH3 is 3. The molecule has 0 unspecified atom stereocenters. The Kier molecular flexibility index (Phi) is 8.35. The Morgan fingerprint density at radius 1 is 0.943 bits per heavy atom. The molecule has 9 nitrogen and oxygen atoms in total. The van der Waals surface area contributed by atoms with Gasteiger partial charge in [-0.25, -0.2) is 4.79 Å². The van der Waals surface area contributed by atoms with E-state index in [4.69, 9.17) is 23.7 Å². The summed E-state index contributed by atoms with van der Waals surface area (Å²) in [5.74, 6) is 1.43. The smallest absolute Gasteiger partial charge is 0.411 e. The van der Waals surface area contributed by atoms with E-state index in [0.717, 1.165) is 0 Å². The number of ether oxygens (including phenoxy) is 5. The van der Waals surface area contributed by atoms with E-state index in [1.165, 1.54) is 27.5 Å². The first-order valence-electron chi connectivity index (χ1n) is 11.2. The van der Waals surface area contributed by atoms with Crippen LogP contribution < -0.4 is 24.3 Å². The Bertz CT molecular complexity index is 1200. The van der Waals surface area contributed by atoms with E-state index < -0.39 is 6.09 Å². The van der Waals surface area contributed by atoms with Crippen LogP contribution in [-0.4, -0.2) is 51.4 Å². The fraction of sp³-hybridized carbons (Fsp3) is 0.346. The highest BCUT2D eigenvalue weighted by Gasteiger charge is 2.22. The van der Waals surface area contributed by atoms with Crippen LogP contribution in [0.4, 0.5) is 10.5 Å². The van der Waals surface area contributed by atoms with E-state index in [1.54, 1.807) is 30.5 Å². The molecule has 0 aliphatic carbocycles. The molecule has 0 atom stereocenters. The zero-order chi connectivity index (χ0) is 25.5. The molecular formula is C26H30N2O7. The van der Waals surface area contributed by atoms with E-state index in [0.29, 0.717) is 57.2 Å².